The van der Waals surface area contributed by atoms with Crippen LogP contribution >= 0.6 is 0 Å². The second-order valence-corrected chi connectivity index (χ2v) is 12.3. The van der Waals surface area contributed by atoms with Crippen LogP contribution in [0.25, 0.3) is 56.0 Å². The quantitative estimate of drug-likeness (QED) is 0.262. The number of imidazole rings is 2. The van der Waals surface area contributed by atoms with E-state index in [0.29, 0.717) is 0 Å². The number of benzene rings is 4. The summed E-state index contributed by atoms with van der Waals surface area (Å²) in [4.78, 5) is 26.7. The van der Waals surface area contributed by atoms with Crippen LogP contribution in [-0.4, -0.2) is 96.2 Å². The molecule has 0 spiro atoms. The standard InChI is InChI=1S/C36H38N8/c1-41-15-19-43(20-16-41)29-9-3-25(4-10-29)35-37-31-13-7-27(23-33(31)39-35)28-8-14-32-34(24-28)40-36(38-32)26-5-11-30(12-6-26)44-21-17-42(2)18-22-44/h3-14,23-24H,15-22H2,1-2H3,(H,37,39)(H,38,40). The van der Waals surface area contributed by atoms with Gasteiger partial charge in [0.05, 0.1) is 22.1 Å². The average Bonchev–Trinajstić information content (AvgIpc) is 3.70. The van der Waals surface area contributed by atoms with E-state index < -0.39 is 0 Å². The van der Waals surface area contributed by atoms with Crippen molar-refractivity contribution >= 4 is 33.4 Å². The molecule has 0 radical (unpaired) electrons. The molecule has 0 atom stereocenters. The lowest BCUT2D eigenvalue weighted by atomic mass is 10.0. The van der Waals surface area contributed by atoms with E-state index in [2.05, 4.69) is 129 Å². The van der Waals surface area contributed by atoms with E-state index in [1.165, 1.54) is 11.4 Å². The molecule has 2 aliphatic rings. The largest absolute Gasteiger partial charge is 0.369 e. The minimum absolute atomic E-state index is 0.896. The number of anilines is 2. The molecule has 8 heteroatoms. The van der Waals surface area contributed by atoms with Gasteiger partial charge in [-0.15, -0.1) is 0 Å². The SMILES string of the molecule is CN1CCN(c2ccc(-c3nc4cc(-c5ccc6[nH]c(-c7ccc(N8CCN(C)CC8)cc7)nc6c5)ccc4[nH]3)cc2)CC1. The van der Waals surface area contributed by atoms with Gasteiger partial charge < -0.3 is 29.6 Å². The lowest BCUT2D eigenvalue weighted by Crippen LogP contribution is -2.44. The van der Waals surface area contributed by atoms with E-state index in [9.17, 15) is 0 Å². The van der Waals surface area contributed by atoms with Crippen molar-refractivity contribution in [3.8, 4) is 33.9 Å². The van der Waals surface area contributed by atoms with E-state index in [0.717, 1.165) is 108 Å². The monoisotopic (exact) mass is 582 g/mol. The summed E-state index contributed by atoms with van der Waals surface area (Å²) in [7, 11) is 4.38. The highest BCUT2D eigenvalue weighted by molar-refractivity contribution is 5.88. The van der Waals surface area contributed by atoms with Crippen LogP contribution in [0.3, 0.4) is 0 Å². The van der Waals surface area contributed by atoms with Crippen molar-refractivity contribution in [3.05, 3.63) is 84.9 Å². The Bertz CT molecular complexity index is 1760. The Labute approximate surface area is 258 Å². The summed E-state index contributed by atoms with van der Waals surface area (Å²) < 4.78 is 0. The molecule has 4 heterocycles. The van der Waals surface area contributed by atoms with Crippen LogP contribution < -0.4 is 9.80 Å². The third-order valence-corrected chi connectivity index (χ3v) is 9.32. The first-order valence-electron chi connectivity index (χ1n) is 15.6. The molecule has 0 amide bonds. The van der Waals surface area contributed by atoms with Gasteiger partial charge in [0.1, 0.15) is 11.6 Å². The van der Waals surface area contributed by atoms with Crippen molar-refractivity contribution in [3.63, 3.8) is 0 Å². The Morgan fingerprint density at radius 1 is 0.455 bits per heavy atom. The smallest absolute Gasteiger partial charge is 0.138 e. The molecular weight excluding hydrogens is 544 g/mol. The summed E-state index contributed by atoms with van der Waals surface area (Å²) in [5, 5.41) is 0. The molecule has 8 nitrogen and oxygen atoms in total. The normalized spacial score (nSPS) is 16.8. The zero-order chi connectivity index (χ0) is 29.6. The number of hydrogen-bond donors (Lipinski definition) is 2. The maximum Gasteiger partial charge on any atom is 0.138 e. The van der Waals surface area contributed by atoms with Gasteiger partial charge in [0.2, 0.25) is 0 Å². The minimum Gasteiger partial charge on any atom is -0.369 e. The van der Waals surface area contributed by atoms with Gasteiger partial charge in [-0.3, -0.25) is 0 Å². The molecule has 222 valence electrons. The van der Waals surface area contributed by atoms with Crippen LogP contribution in [0.15, 0.2) is 84.9 Å². The molecule has 2 aliphatic heterocycles. The van der Waals surface area contributed by atoms with Gasteiger partial charge in [-0.25, -0.2) is 9.97 Å². The van der Waals surface area contributed by atoms with E-state index in [4.69, 9.17) is 9.97 Å². The summed E-state index contributed by atoms with van der Waals surface area (Å²) in [6, 6.07) is 30.5. The second kappa shape index (κ2) is 11.1. The molecular formula is C36H38N8. The molecule has 0 bridgehead atoms. The molecule has 0 aliphatic carbocycles. The highest BCUT2D eigenvalue weighted by Crippen LogP contribution is 2.30. The zero-order valence-corrected chi connectivity index (χ0v) is 25.4. The number of hydrogen-bond acceptors (Lipinski definition) is 6. The molecule has 6 aromatic rings. The lowest BCUT2D eigenvalue weighted by molar-refractivity contribution is 0.313. The van der Waals surface area contributed by atoms with Crippen molar-refractivity contribution in [2.24, 2.45) is 0 Å². The average molecular weight is 583 g/mol. The first-order chi connectivity index (χ1) is 21.6. The summed E-state index contributed by atoms with van der Waals surface area (Å²) in [6.45, 7) is 8.69. The van der Waals surface area contributed by atoms with Gasteiger partial charge >= 0.3 is 0 Å². The van der Waals surface area contributed by atoms with Crippen molar-refractivity contribution in [2.75, 3.05) is 76.3 Å². The van der Waals surface area contributed by atoms with Gasteiger partial charge in [0.25, 0.3) is 0 Å². The molecule has 2 N–H and O–H groups in total. The topological polar surface area (TPSA) is 70.3 Å². The minimum atomic E-state index is 0.896. The van der Waals surface area contributed by atoms with Crippen molar-refractivity contribution < 1.29 is 0 Å². The van der Waals surface area contributed by atoms with Crippen LogP contribution in [0.5, 0.6) is 0 Å². The molecule has 4 aromatic carbocycles. The summed E-state index contributed by atoms with van der Waals surface area (Å²) in [5.74, 6) is 1.79. The fourth-order valence-corrected chi connectivity index (χ4v) is 6.43. The Morgan fingerprint density at radius 2 is 0.818 bits per heavy atom. The number of piperazine rings is 2. The van der Waals surface area contributed by atoms with Gasteiger partial charge in [0.15, 0.2) is 0 Å². The highest BCUT2D eigenvalue weighted by Gasteiger charge is 2.16. The number of aromatic nitrogens is 4. The Balaban J connectivity index is 1.01. The van der Waals surface area contributed by atoms with Crippen LogP contribution in [0.2, 0.25) is 0 Å². The Kier molecular flexibility index (Phi) is 6.80. The predicted molar refractivity (Wildman–Crippen MR) is 181 cm³/mol. The number of nitrogens with one attached hydrogen (secondary N) is 2. The van der Waals surface area contributed by atoms with Gasteiger partial charge in [-0.2, -0.15) is 0 Å². The van der Waals surface area contributed by atoms with Crippen molar-refractivity contribution in [1.82, 2.24) is 29.7 Å². The van der Waals surface area contributed by atoms with E-state index in [1.54, 1.807) is 0 Å². The summed E-state index contributed by atoms with van der Waals surface area (Å²) in [5.41, 5.74) is 11.0. The third-order valence-electron chi connectivity index (χ3n) is 9.32. The first kappa shape index (κ1) is 26.9. The highest BCUT2D eigenvalue weighted by atomic mass is 15.3. The van der Waals surface area contributed by atoms with Crippen LogP contribution in [0.4, 0.5) is 11.4 Å². The number of rotatable bonds is 5. The number of H-pyrrole nitrogens is 2. The fourth-order valence-electron chi connectivity index (χ4n) is 6.43. The zero-order valence-electron chi connectivity index (χ0n) is 25.4. The van der Waals surface area contributed by atoms with E-state index in [1.807, 2.05) is 0 Å². The van der Waals surface area contributed by atoms with Crippen LogP contribution in [0, 0.1) is 0 Å². The van der Waals surface area contributed by atoms with Crippen molar-refractivity contribution in [1.29, 1.82) is 0 Å². The third kappa shape index (κ3) is 5.20. The van der Waals surface area contributed by atoms with Crippen LogP contribution in [0.1, 0.15) is 0 Å². The Hall–Kier alpha value is -4.66. The van der Waals surface area contributed by atoms with E-state index >= 15 is 0 Å². The maximum absolute atomic E-state index is 4.97. The molecule has 2 fully saturated rings. The van der Waals surface area contributed by atoms with E-state index in [-0.39, 0.29) is 0 Å². The van der Waals surface area contributed by atoms with Gasteiger partial charge in [-0.05, 0) is 98.0 Å². The Morgan fingerprint density at radius 3 is 1.20 bits per heavy atom. The predicted octanol–water partition coefficient (Wildman–Crippen LogP) is 5.94. The van der Waals surface area contributed by atoms with Gasteiger partial charge in [0, 0.05) is 74.9 Å². The number of aromatic amines is 2. The summed E-state index contributed by atoms with van der Waals surface area (Å²) in [6.07, 6.45) is 0. The number of fused-ring (bicyclic) bond motifs is 2. The molecule has 2 saturated heterocycles. The lowest BCUT2D eigenvalue weighted by Gasteiger charge is -2.34. The first-order valence-corrected chi connectivity index (χ1v) is 15.6. The second-order valence-electron chi connectivity index (χ2n) is 12.3. The van der Waals surface area contributed by atoms with Gasteiger partial charge in [-0.1, -0.05) is 12.1 Å². The molecule has 2 aromatic heterocycles. The maximum atomic E-state index is 4.97. The number of nitrogens with zero attached hydrogens (tertiary/aromatic N) is 6. The fraction of sp³-hybridized carbons (Fsp3) is 0.278. The molecule has 0 unspecified atom stereocenters. The number of likely N-dealkylation sites (N-methyl/N-ethyl adjacent to an activating group) is 2. The molecule has 0 saturated carbocycles. The van der Waals surface area contributed by atoms with Crippen molar-refractivity contribution in [2.45, 2.75) is 0 Å². The summed E-state index contributed by atoms with van der Waals surface area (Å²) >= 11 is 0. The van der Waals surface area contributed by atoms with Crippen LogP contribution in [-0.2, 0) is 0 Å². The molecule has 8 rings (SSSR count). The molecule has 44 heavy (non-hydrogen) atoms.